The Morgan fingerprint density at radius 1 is 1.48 bits per heavy atom. The van der Waals surface area contributed by atoms with Crippen LogP contribution in [0.3, 0.4) is 0 Å². The van der Waals surface area contributed by atoms with Crippen molar-refractivity contribution in [3.05, 3.63) is 18.2 Å². The number of carboxylic acids is 1. The minimum absolute atomic E-state index is 0.0208. The summed E-state index contributed by atoms with van der Waals surface area (Å²) in [7, 11) is 0. The molecule has 1 rings (SSSR count). The molecule has 0 bridgehead atoms. The van der Waals surface area contributed by atoms with Crippen LogP contribution in [0.4, 0.5) is 4.79 Å². The molecule has 0 radical (unpaired) electrons. The maximum Gasteiger partial charge on any atom is 0.326 e. The van der Waals surface area contributed by atoms with Crippen molar-refractivity contribution < 1.29 is 19.8 Å². The lowest BCUT2D eigenvalue weighted by molar-refractivity contribution is -0.139. The molecule has 0 saturated heterocycles. The number of aliphatic hydroxyl groups is 1. The lowest BCUT2D eigenvalue weighted by Crippen LogP contribution is -2.51. The number of aliphatic carboxylic acids is 1. The molecular weight excluding hydrogens is 276 g/mol. The number of H-pyrrole nitrogens is 1. The molecule has 1 aromatic rings. The van der Waals surface area contributed by atoms with Crippen molar-refractivity contribution in [3.8, 4) is 0 Å². The highest BCUT2D eigenvalue weighted by Crippen LogP contribution is 2.04. The molecule has 0 aliphatic carbocycles. The first-order chi connectivity index (χ1) is 9.95. The van der Waals surface area contributed by atoms with Gasteiger partial charge < -0.3 is 25.4 Å². The number of imidazole rings is 1. The molecule has 8 nitrogen and oxygen atoms in total. The number of carboxylic acid groups (broad SMARTS) is 1. The molecule has 4 N–H and O–H groups in total. The van der Waals surface area contributed by atoms with Crippen LogP contribution >= 0.6 is 0 Å². The van der Waals surface area contributed by atoms with Gasteiger partial charge in [-0.25, -0.2) is 14.6 Å². The molecule has 0 spiro atoms. The summed E-state index contributed by atoms with van der Waals surface area (Å²) in [5.41, 5.74) is 0.633. The second-order valence-electron chi connectivity index (χ2n) is 4.99. The summed E-state index contributed by atoms with van der Waals surface area (Å²) in [5.74, 6) is -1.11. The quantitative estimate of drug-likeness (QED) is 0.547. The van der Waals surface area contributed by atoms with Crippen LogP contribution in [-0.4, -0.2) is 62.3 Å². The first-order valence-corrected chi connectivity index (χ1v) is 6.83. The highest BCUT2D eigenvalue weighted by Gasteiger charge is 2.25. The number of aliphatic hydroxyl groups excluding tert-OH is 1. The minimum Gasteiger partial charge on any atom is -0.480 e. The van der Waals surface area contributed by atoms with Crippen molar-refractivity contribution in [2.45, 2.75) is 38.8 Å². The van der Waals surface area contributed by atoms with Crippen LogP contribution in [-0.2, 0) is 11.2 Å². The van der Waals surface area contributed by atoms with E-state index >= 15 is 0 Å². The molecule has 1 heterocycles. The third-order valence-corrected chi connectivity index (χ3v) is 3.02. The van der Waals surface area contributed by atoms with Crippen LogP contribution in [0, 0.1) is 0 Å². The second-order valence-corrected chi connectivity index (χ2v) is 4.99. The van der Waals surface area contributed by atoms with E-state index in [-0.39, 0.29) is 19.1 Å². The van der Waals surface area contributed by atoms with E-state index in [0.29, 0.717) is 18.7 Å². The number of nitrogens with one attached hydrogen (secondary N) is 2. The van der Waals surface area contributed by atoms with Crippen LogP contribution in [0.25, 0.3) is 0 Å². The second kappa shape index (κ2) is 8.25. The highest BCUT2D eigenvalue weighted by atomic mass is 16.4. The Morgan fingerprint density at radius 3 is 2.67 bits per heavy atom. The molecule has 1 aromatic heterocycles. The fraction of sp³-hybridized carbons (Fsp3) is 0.615. The topological polar surface area (TPSA) is 119 Å². The van der Waals surface area contributed by atoms with Gasteiger partial charge in [0.2, 0.25) is 0 Å². The maximum atomic E-state index is 12.2. The molecule has 0 unspecified atom stereocenters. The van der Waals surface area contributed by atoms with E-state index in [1.807, 2.05) is 13.8 Å². The van der Waals surface area contributed by atoms with Gasteiger partial charge in [-0.1, -0.05) is 0 Å². The van der Waals surface area contributed by atoms with E-state index in [4.69, 9.17) is 5.11 Å². The Hall–Kier alpha value is -2.09. The normalized spacial score (nSPS) is 12.2. The maximum absolute atomic E-state index is 12.2. The fourth-order valence-corrected chi connectivity index (χ4v) is 1.88. The summed E-state index contributed by atoms with van der Waals surface area (Å²) in [4.78, 5) is 31.6. The Balaban J connectivity index is 2.67. The summed E-state index contributed by atoms with van der Waals surface area (Å²) in [6, 6.07) is -1.57. The molecule has 0 fully saturated rings. The zero-order chi connectivity index (χ0) is 15.8. The molecule has 0 aliphatic heterocycles. The zero-order valence-corrected chi connectivity index (χ0v) is 12.2. The number of hydrogen-bond acceptors (Lipinski definition) is 4. The third kappa shape index (κ3) is 5.42. The van der Waals surface area contributed by atoms with E-state index in [0.717, 1.165) is 0 Å². The van der Waals surface area contributed by atoms with Gasteiger partial charge >= 0.3 is 12.0 Å². The number of urea groups is 1. The van der Waals surface area contributed by atoms with Crippen molar-refractivity contribution in [2.24, 2.45) is 0 Å². The predicted molar refractivity (Wildman–Crippen MR) is 75.8 cm³/mol. The molecule has 1 atom stereocenters. The van der Waals surface area contributed by atoms with E-state index in [9.17, 15) is 14.7 Å². The van der Waals surface area contributed by atoms with E-state index in [1.54, 1.807) is 0 Å². The largest absolute Gasteiger partial charge is 0.480 e. The molecule has 0 saturated carbocycles. The number of hydrogen-bond donors (Lipinski definition) is 4. The van der Waals surface area contributed by atoms with Gasteiger partial charge in [0.05, 0.1) is 6.33 Å². The van der Waals surface area contributed by atoms with Crippen LogP contribution in [0.5, 0.6) is 0 Å². The van der Waals surface area contributed by atoms with Crippen LogP contribution < -0.4 is 5.32 Å². The van der Waals surface area contributed by atoms with Gasteiger partial charge in [-0.3, -0.25) is 0 Å². The van der Waals surface area contributed by atoms with Crippen molar-refractivity contribution in [3.63, 3.8) is 0 Å². The number of aromatic amines is 1. The highest BCUT2D eigenvalue weighted by molar-refractivity contribution is 5.82. The monoisotopic (exact) mass is 298 g/mol. The van der Waals surface area contributed by atoms with E-state index < -0.39 is 18.0 Å². The standard InChI is InChI=1S/C13H22N4O4/c1-9(2)17(4-3-5-18)13(21)16-11(12(19)20)6-10-7-14-8-15-10/h7-9,11,18H,3-6H2,1-2H3,(H,14,15)(H,16,21)(H,19,20)/t11-/m0/s1. The van der Waals surface area contributed by atoms with Crippen molar-refractivity contribution in [1.29, 1.82) is 0 Å². The Kier molecular flexibility index (Phi) is 6.67. The fourth-order valence-electron chi connectivity index (χ4n) is 1.88. The zero-order valence-electron chi connectivity index (χ0n) is 12.2. The average molecular weight is 298 g/mol. The van der Waals surface area contributed by atoms with Crippen molar-refractivity contribution >= 4 is 12.0 Å². The summed E-state index contributed by atoms with van der Waals surface area (Å²) < 4.78 is 0. The number of carbonyl (C=O) groups is 2. The molecule has 0 aromatic carbocycles. The summed E-state index contributed by atoms with van der Waals surface area (Å²) in [6.07, 6.45) is 3.56. The molecule has 8 heteroatoms. The molecule has 118 valence electrons. The van der Waals surface area contributed by atoms with Crippen molar-refractivity contribution in [2.75, 3.05) is 13.2 Å². The van der Waals surface area contributed by atoms with Gasteiger partial charge in [0, 0.05) is 37.5 Å². The van der Waals surface area contributed by atoms with Gasteiger partial charge in [-0.15, -0.1) is 0 Å². The lowest BCUT2D eigenvalue weighted by Gasteiger charge is -2.28. The average Bonchev–Trinajstić information content (AvgIpc) is 2.90. The van der Waals surface area contributed by atoms with Crippen molar-refractivity contribution in [1.82, 2.24) is 20.2 Å². The lowest BCUT2D eigenvalue weighted by atomic mass is 10.1. The summed E-state index contributed by atoms with van der Waals surface area (Å²) in [6.45, 7) is 4.02. The first kappa shape index (κ1) is 17.0. The van der Waals surface area contributed by atoms with Gasteiger partial charge in [0.1, 0.15) is 6.04 Å². The van der Waals surface area contributed by atoms with Crippen LogP contribution in [0.1, 0.15) is 26.0 Å². The predicted octanol–water partition coefficient (Wildman–Crippen LogP) is 0.208. The number of aromatic nitrogens is 2. The van der Waals surface area contributed by atoms with Gasteiger partial charge in [-0.05, 0) is 20.3 Å². The van der Waals surface area contributed by atoms with Gasteiger partial charge in [0.25, 0.3) is 0 Å². The summed E-state index contributed by atoms with van der Waals surface area (Å²) in [5, 5.41) is 20.6. The van der Waals surface area contributed by atoms with E-state index in [2.05, 4.69) is 15.3 Å². The number of carbonyl (C=O) groups excluding carboxylic acids is 1. The Bertz CT molecular complexity index is 447. The molecule has 2 amide bonds. The SMILES string of the molecule is CC(C)N(CCCO)C(=O)N[C@@H](Cc1cnc[nH]1)C(=O)O. The third-order valence-electron chi connectivity index (χ3n) is 3.02. The number of rotatable bonds is 8. The molecular formula is C13H22N4O4. The first-order valence-electron chi connectivity index (χ1n) is 6.83. The Labute approximate surface area is 123 Å². The molecule has 21 heavy (non-hydrogen) atoms. The van der Waals surface area contributed by atoms with Crippen LogP contribution in [0.2, 0.25) is 0 Å². The van der Waals surface area contributed by atoms with Crippen LogP contribution in [0.15, 0.2) is 12.5 Å². The van der Waals surface area contributed by atoms with Gasteiger partial charge in [0.15, 0.2) is 0 Å². The van der Waals surface area contributed by atoms with E-state index in [1.165, 1.54) is 17.4 Å². The number of nitrogens with zero attached hydrogens (tertiary/aromatic N) is 2. The van der Waals surface area contributed by atoms with Gasteiger partial charge in [-0.2, -0.15) is 0 Å². The smallest absolute Gasteiger partial charge is 0.326 e. The Morgan fingerprint density at radius 2 is 2.19 bits per heavy atom. The minimum atomic E-state index is -1.11. The number of amides is 2. The summed E-state index contributed by atoms with van der Waals surface area (Å²) >= 11 is 0. The molecule has 0 aliphatic rings.